The minimum Gasteiger partial charge on any atom is -0.484 e. The number of esters is 1. The second kappa shape index (κ2) is 16.3. The number of ether oxygens (including phenoxy) is 7. The maximum atomic E-state index is 14.0. The zero-order valence-electron chi connectivity index (χ0n) is 17.6. The monoisotopic (exact) mass is 449 g/mol. The molecule has 0 unspecified atom stereocenters. The molecular weight excluding hydrogens is 421 g/mol. The van der Waals surface area contributed by atoms with Crippen LogP contribution >= 0.6 is 0 Å². The summed E-state index contributed by atoms with van der Waals surface area (Å²) in [4.78, 5) is 21.7. The van der Waals surface area contributed by atoms with Crippen molar-refractivity contribution in [2.45, 2.75) is 0 Å². The predicted octanol–water partition coefficient (Wildman–Crippen LogP) is 1.61. The first-order valence-corrected chi connectivity index (χ1v) is 9.50. The van der Waals surface area contributed by atoms with E-state index in [1.807, 2.05) is 0 Å². The Morgan fingerprint density at radius 3 is 1.81 bits per heavy atom. The molecule has 0 aliphatic rings. The van der Waals surface area contributed by atoms with Gasteiger partial charge in [0, 0.05) is 13.2 Å². The number of hydrogen-bond donors (Lipinski definition) is 0. The Bertz CT molecular complexity index is 673. The Morgan fingerprint density at radius 2 is 1.35 bits per heavy atom. The van der Waals surface area contributed by atoms with Crippen LogP contribution in [0.15, 0.2) is 12.1 Å². The molecule has 1 aromatic rings. The molecule has 1 aromatic carbocycles. The summed E-state index contributed by atoms with van der Waals surface area (Å²) in [6.45, 7) is 3.41. The van der Waals surface area contributed by atoms with Gasteiger partial charge in [0.25, 0.3) is 0 Å². The van der Waals surface area contributed by atoms with Gasteiger partial charge in [-0.25, -0.2) is 4.79 Å². The first kappa shape index (κ1) is 26.7. The van der Waals surface area contributed by atoms with Crippen LogP contribution in [0.5, 0.6) is 5.75 Å². The fourth-order valence-electron chi connectivity index (χ4n) is 2.21. The lowest BCUT2D eigenvalue weighted by Gasteiger charge is -2.10. The van der Waals surface area contributed by atoms with Crippen LogP contribution in [0.2, 0.25) is 0 Å². The summed E-state index contributed by atoms with van der Waals surface area (Å²) >= 11 is 0. The summed E-state index contributed by atoms with van der Waals surface area (Å²) < 4.78 is 49.7. The van der Waals surface area contributed by atoms with E-state index in [2.05, 4.69) is 4.74 Å². The van der Waals surface area contributed by atoms with Crippen LogP contribution in [-0.2, 0) is 28.4 Å². The highest BCUT2D eigenvalue weighted by atomic mass is 19.1. The standard InChI is InChI=1S/C19H28FNO10/c1-25-3-4-27-5-6-28-7-8-29-9-10-30-11-12-31-17-14-15(19(22)26-2)13-16(20)18(17)21(23)24/h13-14H,3-12H2,1-2H3. The fourth-order valence-corrected chi connectivity index (χ4v) is 2.21. The zero-order valence-corrected chi connectivity index (χ0v) is 17.6. The van der Waals surface area contributed by atoms with Crippen molar-refractivity contribution >= 4 is 11.7 Å². The normalized spacial score (nSPS) is 10.8. The topological polar surface area (TPSA) is 125 Å². The number of benzene rings is 1. The molecule has 176 valence electrons. The Balaban J connectivity index is 2.18. The van der Waals surface area contributed by atoms with Crippen LogP contribution in [0.25, 0.3) is 0 Å². The molecule has 11 nitrogen and oxygen atoms in total. The van der Waals surface area contributed by atoms with E-state index in [4.69, 9.17) is 28.4 Å². The highest BCUT2D eigenvalue weighted by molar-refractivity contribution is 5.90. The van der Waals surface area contributed by atoms with Gasteiger partial charge in [0.05, 0.1) is 77.1 Å². The van der Waals surface area contributed by atoms with Gasteiger partial charge in [0.2, 0.25) is 11.6 Å². The van der Waals surface area contributed by atoms with Crippen LogP contribution in [0.4, 0.5) is 10.1 Å². The molecule has 0 amide bonds. The van der Waals surface area contributed by atoms with Crippen molar-refractivity contribution in [3.05, 3.63) is 33.6 Å². The van der Waals surface area contributed by atoms with Crippen molar-refractivity contribution in [1.29, 1.82) is 0 Å². The minimum absolute atomic E-state index is 0.0832. The molecule has 1 rings (SSSR count). The highest BCUT2D eigenvalue weighted by Gasteiger charge is 2.25. The number of halogens is 1. The molecular formula is C19H28FNO10. The summed E-state index contributed by atoms with van der Waals surface area (Å²) in [5.74, 6) is -2.41. The van der Waals surface area contributed by atoms with E-state index < -0.39 is 22.4 Å². The lowest BCUT2D eigenvalue weighted by atomic mass is 10.2. The average molecular weight is 449 g/mol. The fraction of sp³-hybridized carbons (Fsp3) is 0.632. The second-order valence-electron chi connectivity index (χ2n) is 5.84. The summed E-state index contributed by atoms with van der Waals surface area (Å²) in [6.07, 6.45) is 0. The molecule has 0 fully saturated rings. The van der Waals surface area contributed by atoms with E-state index in [1.54, 1.807) is 7.11 Å². The van der Waals surface area contributed by atoms with Gasteiger partial charge in [0.1, 0.15) is 6.61 Å². The maximum Gasteiger partial charge on any atom is 0.346 e. The molecule has 0 radical (unpaired) electrons. The number of rotatable bonds is 18. The minimum atomic E-state index is -1.19. The Labute approximate surface area is 179 Å². The van der Waals surface area contributed by atoms with E-state index >= 15 is 0 Å². The van der Waals surface area contributed by atoms with E-state index in [9.17, 15) is 19.3 Å². The largest absolute Gasteiger partial charge is 0.484 e. The van der Waals surface area contributed by atoms with Gasteiger partial charge in [-0.1, -0.05) is 0 Å². The third-order valence-electron chi connectivity index (χ3n) is 3.67. The number of nitro groups is 1. The first-order valence-electron chi connectivity index (χ1n) is 9.50. The van der Waals surface area contributed by atoms with E-state index in [-0.39, 0.29) is 31.1 Å². The molecule has 12 heteroatoms. The van der Waals surface area contributed by atoms with Crippen LogP contribution in [0.3, 0.4) is 0 Å². The van der Waals surface area contributed by atoms with Crippen molar-refractivity contribution in [2.75, 3.05) is 80.3 Å². The lowest BCUT2D eigenvalue weighted by molar-refractivity contribution is -0.388. The number of hydrogen-bond acceptors (Lipinski definition) is 10. The molecule has 0 saturated carbocycles. The number of carbonyl (C=O) groups is 1. The smallest absolute Gasteiger partial charge is 0.346 e. The van der Waals surface area contributed by atoms with Crippen LogP contribution in [0, 0.1) is 15.9 Å². The second-order valence-corrected chi connectivity index (χ2v) is 5.84. The third-order valence-corrected chi connectivity index (χ3v) is 3.67. The SMILES string of the molecule is COCCOCCOCCOCCOCCOc1cc(C(=O)OC)cc(F)c1[N+](=O)[O-]. The highest BCUT2D eigenvalue weighted by Crippen LogP contribution is 2.31. The Morgan fingerprint density at radius 1 is 0.871 bits per heavy atom. The molecule has 0 spiro atoms. The van der Waals surface area contributed by atoms with Crippen molar-refractivity contribution < 1.29 is 47.3 Å². The maximum absolute atomic E-state index is 14.0. The predicted molar refractivity (Wildman–Crippen MR) is 105 cm³/mol. The van der Waals surface area contributed by atoms with E-state index in [0.717, 1.165) is 19.2 Å². The van der Waals surface area contributed by atoms with Gasteiger partial charge in [-0.2, -0.15) is 4.39 Å². The molecule has 31 heavy (non-hydrogen) atoms. The molecule has 0 atom stereocenters. The number of nitrogens with zero attached hydrogens (tertiary/aromatic N) is 1. The quantitative estimate of drug-likeness (QED) is 0.141. The van der Waals surface area contributed by atoms with Crippen molar-refractivity contribution in [3.8, 4) is 5.75 Å². The molecule has 0 aliphatic heterocycles. The summed E-state index contributed by atoms with van der Waals surface area (Å²) in [5.41, 5.74) is -1.06. The van der Waals surface area contributed by atoms with Gasteiger partial charge < -0.3 is 33.2 Å². The number of carbonyl (C=O) groups excluding carboxylic acids is 1. The van der Waals surface area contributed by atoms with Crippen LogP contribution in [-0.4, -0.2) is 91.2 Å². The van der Waals surface area contributed by atoms with Crippen molar-refractivity contribution in [1.82, 2.24) is 0 Å². The van der Waals surface area contributed by atoms with E-state index in [1.165, 1.54) is 0 Å². The van der Waals surface area contributed by atoms with Crippen molar-refractivity contribution in [3.63, 3.8) is 0 Å². The average Bonchev–Trinajstić information content (AvgIpc) is 2.75. The summed E-state index contributed by atoms with van der Waals surface area (Å²) in [7, 11) is 2.72. The Kier molecular flexibility index (Phi) is 14.0. The van der Waals surface area contributed by atoms with Crippen LogP contribution < -0.4 is 4.74 Å². The lowest BCUT2D eigenvalue weighted by Crippen LogP contribution is -2.14. The first-order chi connectivity index (χ1) is 15.0. The van der Waals surface area contributed by atoms with Gasteiger partial charge >= 0.3 is 11.7 Å². The molecule has 0 heterocycles. The summed E-state index contributed by atoms with van der Waals surface area (Å²) in [6, 6.07) is 1.78. The zero-order chi connectivity index (χ0) is 22.9. The van der Waals surface area contributed by atoms with Gasteiger partial charge in [-0.05, 0) is 6.07 Å². The molecule has 0 aromatic heterocycles. The van der Waals surface area contributed by atoms with Crippen LogP contribution in [0.1, 0.15) is 10.4 Å². The number of nitro benzene ring substituents is 1. The molecule has 0 N–H and O–H groups in total. The third kappa shape index (κ3) is 11.0. The van der Waals surface area contributed by atoms with Gasteiger partial charge in [-0.15, -0.1) is 0 Å². The number of methoxy groups -OCH3 is 2. The molecule has 0 aliphatic carbocycles. The Hall–Kier alpha value is -2.38. The van der Waals surface area contributed by atoms with Crippen molar-refractivity contribution in [2.24, 2.45) is 0 Å². The van der Waals surface area contributed by atoms with Gasteiger partial charge in [0.15, 0.2) is 0 Å². The molecule has 0 saturated heterocycles. The van der Waals surface area contributed by atoms with E-state index in [0.29, 0.717) is 46.2 Å². The molecule has 0 bridgehead atoms. The van der Waals surface area contributed by atoms with Gasteiger partial charge in [-0.3, -0.25) is 10.1 Å². The summed E-state index contributed by atoms with van der Waals surface area (Å²) in [5, 5.41) is 11.1.